The summed E-state index contributed by atoms with van der Waals surface area (Å²) < 4.78 is 10.8. The maximum absolute atomic E-state index is 9.18. The van der Waals surface area contributed by atoms with E-state index in [1.54, 1.807) is 7.11 Å². The Hall–Kier alpha value is -1.22. The SMILES string of the molecule is COc1ccc(CO)c(OCCC2CC2)c1. The normalized spacial score (nSPS) is 14.9. The summed E-state index contributed by atoms with van der Waals surface area (Å²) in [6, 6.07) is 5.50. The first-order valence-electron chi connectivity index (χ1n) is 5.74. The lowest BCUT2D eigenvalue weighted by atomic mass is 10.2. The van der Waals surface area contributed by atoms with Crippen LogP contribution in [0.3, 0.4) is 0 Å². The van der Waals surface area contributed by atoms with E-state index in [0.717, 1.165) is 36.0 Å². The van der Waals surface area contributed by atoms with Crippen LogP contribution in [0.25, 0.3) is 0 Å². The topological polar surface area (TPSA) is 38.7 Å². The Morgan fingerprint density at radius 1 is 1.38 bits per heavy atom. The van der Waals surface area contributed by atoms with Crippen LogP contribution in [0.15, 0.2) is 18.2 Å². The van der Waals surface area contributed by atoms with Gasteiger partial charge in [-0.25, -0.2) is 0 Å². The summed E-state index contributed by atoms with van der Waals surface area (Å²) in [5.74, 6) is 2.37. The molecule has 0 bridgehead atoms. The number of ether oxygens (including phenoxy) is 2. The lowest BCUT2D eigenvalue weighted by Crippen LogP contribution is -2.01. The van der Waals surface area contributed by atoms with Gasteiger partial charge in [0.1, 0.15) is 11.5 Å². The van der Waals surface area contributed by atoms with Crippen LogP contribution >= 0.6 is 0 Å². The molecule has 0 spiro atoms. The standard InChI is InChI=1S/C13H18O3/c1-15-12-5-4-11(9-14)13(8-12)16-7-6-10-2-3-10/h4-5,8,10,14H,2-3,6-7,9H2,1H3. The van der Waals surface area contributed by atoms with Crippen molar-refractivity contribution in [3.63, 3.8) is 0 Å². The first-order valence-corrected chi connectivity index (χ1v) is 5.74. The molecular weight excluding hydrogens is 204 g/mol. The van der Waals surface area contributed by atoms with Crippen molar-refractivity contribution in [2.75, 3.05) is 13.7 Å². The second kappa shape index (κ2) is 5.21. The largest absolute Gasteiger partial charge is 0.497 e. The van der Waals surface area contributed by atoms with E-state index in [1.807, 2.05) is 18.2 Å². The average Bonchev–Trinajstić information content (AvgIpc) is 3.13. The predicted octanol–water partition coefficient (Wildman–Crippen LogP) is 2.37. The van der Waals surface area contributed by atoms with Gasteiger partial charge in [0.15, 0.2) is 0 Å². The number of benzene rings is 1. The Labute approximate surface area is 96.0 Å². The van der Waals surface area contributed by atoms with E-state index in [0.29, 0.717) is 0 Å². The minimum Gasteiger partial charge on any atom is -0.497 e. The van der Waals surface area contributed by atoms with Crippen molar-refractivity contribution in [3.8, 4) is 11.5 Å². The van der Waals surface area contributed by atoms with Gasteiger partial charge in [-0.2, -0.15) is 0 Å². The van der Waals surface area contributed by atoms with Gasteiger partial charge in [-0.05, 0) is 24.5 Å². The lowest BCUT2D eigenvalue weighted by molar-refractivity contribution is 0.258. The van der Waals surface area contributed by atoms with Crippen molar-refractivity contribution in [1.29, 1.82) is 0 Å². The molecule has 1 N–H and O–H groups in total. The van der Waals surface area contributed by atoms with Gasteiger partial charge in [0, 0.05) is 11.6 Å². The van der Waals surface area contributed by atoms with E-state index < -0.39 is 0 Å². The molecule has 1 saturated carbocycles. The Morgan fingerprint density at radius 3 is 2.81 bits per heavy atom. The second-order valence-electron chi connectivity index (χ2n) is 4.21. The molecule has 1 aromatic carbocycles. The van der Waals surface area contributed by atoms with Gasteiger partial charge in [-0.15, -0.1) is 0 Å². The quantitative estimate of drug-likeness (QED) is 0.803. The number of methoxy groups -OCH3 is 1. The fourth-order valence-corrected chi connectivity index (χ4v) is 1.67. The molecule has 0 heterocycles. The van der Waals surface area contributed by atoms with Crippen molar-refractivity contribution in [3.05, 3.63) is 23.8 Å². The van der Waals surface area contributed by atoms with E-state index in [2.05, 4.69) is 0 Å². The zero-order valence-electron chi connectivity index (χ0n) is 9.61. The predicted molar refractivity (Wildman–Crippen MR) is 61.8 cm³/mol. The molecule has 1 aromatic rings. The van der Waals surface area contributed by atoms with Crippen molar-refractivity contribution < 1.29 is 14.6 Å². The summed E-state index contributed by atoms with van der Waals surface area (Å²) in [5.41, 5.74) is 0.816. The molecule has 0 saturated heterocycles. The molecule has 0 radical (unpaired) electrons. The number of hydrogen-bond acceptors (Lipinski definition) is 3. The Bertz CT molecular complexity index is 345. The monoisotopic (exact) mass is 222 g/mol. The summed E-state index contributed by atoms with van der Waals surface area (Å²) in [7, 11) is 1.63. The zero-order valence-corrected chi connectivity index (χ0v) is 9.61. The Balaban J connectivity index is 1.97. The molecule has 0 amide bonds. The highest BCUT2D eigenvalue weighted by Gasteiger charge is 2.20. The van der Waals surface area contributed by atoms with Crippen LogP contribution in [-0.2, 0) is 6.61 Å². The van der Waals surface area contributed by atoms with Crippen molar-refractivity contribution >= 4 is 0 Å². The second-order valence-corrected chi connectivity index (χ2v) is 4.21. The summed E-state index contributed by atoms with van der Waals surface area (Å²) in [4.78, 5) is 0. The van der Waals surface area contributed by atoms with Crippen LogP contribution in [0.1, 0.15) is 24.8 Å². The van der Waals surface area contributed by atoms with E-state index in [4.69, 9.17) is 9.47 Å². The fourth-order valence-electron chi connectivity index (χ4n) is 1.67. The molecule has 16 heavy (non-hydrogen) atoms. The van der Waals surface area contributed by atoms with E-state index in [1.165, 1.54) is 12.8 Å². The van der Waals surface area contributed by atoms with Gasteiger partial charge < -0.3 is 14.6 Å². The van der Waals surface area contributed by atoms with E-state index in [9.17, 15) is 5.11 Å². The first kappa shape index (κ1) is 11.3. The molecule has 3 nitrogen and oxygen atoms in total. The summed E-state index contributed by atoms with van der Waals surface area (Å²) in [6.07, 6.45) is 3.80. The zero-order chi connectivity index (χ0) is 11.4. The minimum atomic E-state index is 0.00273. The van der Waals surface area contributed by atoms with E-state index in [-0.39, 0.29) is 6.61 Å². The van der Waals surface area contributed by atoms with Crippen LogP contribution < -0.4 is 9.47 Å². The minimum absolute atomic E-state index is 0.00273. The molecule has 1 aliphatic carbocycles. The van der Waals surface area contributed by atoms with E-state index >= 15 is 0 Å². The van der Waals surface area contributed by atoms with Crippen LogP contribution in [0, 0.1) is 5.92 Å². The summed E-state index contributed by atoms with van der Waals surface area (Å²) in [6.45, 7) is 0.730. The van der Waals surface area contributed by atoms with Crippen molar-refractivity contribution in [1.82, 2.24) is 0 Å². The smallest absolute Gasteiger partial charge is 0.128 e. The molecule has 0 unspecified atom stereocenters. The van der Waals surface area contributed by atoms with Crippen LogP contribution in [0.5, 0.6) is 11.5 Å². The third kappa shape index (κ3) is 2.89. The maximum atomic E-state index is 9.18. The van der Waals surface area contributed by atoms with Gasteiger partial charge >= 0.3 is 0 Å². The average molecular weight is 222 g/mol. The highest BCUT2D eigenvalue weighted by atomic mass is 16.5. The molecule has 0 aliphatic heterocycles. The Morgan fingerprint density at radius 2 is 2.19 bits per heavy atom. The van der Waals surface area contributed by atoms with Gasteiger partial charge in [0.2, 0.25) is 0 Å². The molecule has 2 rings (SSSR count). The molecule has 0 atom stereocenters. The molecule has 0 aromatic heterocycles. The molecule has 3 heteroatoms. The van der Waals surface area contributed by atoms with Crippen molar-refractivity contribution in [2.45, 2.75) is 25.9 Å². The van der Waals surface area contributed by atoms with Gasteiger partial charge in [-0.3, -0.25) is 0 Å². The van der Waals surface area contributed by atoms with Crippen LogP contribution in [0.2, 0.25) is 0 Å². The van der Waals surface area contributed by atoms with Crippen LogP contribution in [-0.4, -0.2) is 18.8 Å². The first-order chi connectivity index (χ1) is 7.83. The van der Waals surface area contributed by atoms with Gasteiger partial charge in [-0.1, -0.05) is 12.8 Å². The highest BCUT2D eigenvalue weighted by molar-refractivity contribution is 5.40. The number of aliphatic hydroxyl groups is 1. The fraction of sp³-hybridized carbons (Fsp3) is 0.538. The number of aliphatic hydroxyl groups excluding tert-OH is 1. The third-order valence-electron chi connectivity index (χ3n) is 2.93. The number of hydrogen-bond donors (Lipinski definition) is 1. The molecule has 1 aliphatic rings. The molecule has 88 valence electrons. The molecular formula is C13H18O3. The Kier molecular flexibility index (Phi) is 3.67. The summed E-state index contributed by atoms with van der Waals surface area (Å²) in [5, 5.41) is 9.18. The molecule has 1 fully saturated rings. The van der Waals surface area contributed by atoms with Gasteiger partial charge in [0.25, 0.3) is 0 Å². The number of rotatable bonds is 6. The third-order valence-corrected chi connectivity index (χ3v) is 2.93. The maximum Gasteiger partial charge on any atom is 0.128 e. The van der Waals surface area contributed by atoms with Crippen molar-refractivity contribution in [2.24, 2.45) is 5.92 Å². The van der Waals surface area contributed by atoms with Crippen LogP contribution in [0.4, 0.5) is 0 Å². The lowest BCUT2D eigenvalue weighted by Gasteiger charge is -2.11. The highest BCUT2D eigenvalue weighted by Crippen LogP contribution is 2.33. The van der Waals surface area contributed by atoms with Gasteiger partial charge in [0.05, 0.1) is 20.3 Å². The summed E-state index contributed by atoms with van der Waals surface area (Å²) >= 11 is 0.